The van der Waals surface area contributed by atoms with E-state index >= 15 is 0 Å². The summed E-state index contributed by atoms with van der Waals surface area (Å²) in [5.74, 6) is 0.186. The summed E-state index contributed by atoms with van der Waals surface area (Å²) in [6, 6.07) is 15.9. The molecule has 1 N–H and O–H groups in total. The van der Waals surface area contributed by atoms with Crippen molar-refractivity contribution in [1.29, 1.82) is 0 Å². The Balaban J connectivity index is 1.91. The van der Waals surface area contributed by atoms with E-state index in [2.05, 4.69) is 16.9 Å². The lowest BCUT2D eigenvalue weighted by molar-refractivity contribution is 0.0172. The number of nitrogens with zero attached hydrogens (tertiary/aromatic N) is 1. The lowest BCUT2D eigenvalue weighted by atomic mass is 9.83. The number of piperidine rings is 1. The first-order valence-electron chi connectivity index (χ1n) is 11.9. The second-order valence-corrected chi connectivity index (χ2v) is 13.3. The third kappa shape index (κ3) is 7.14. The molecule has 1 aliphatic rings. The molecule has 1 fully saturated rings. The van der Waals surface area contributed by atoms with Crippen molar-refractivity contribution in [2.24, 2.45) is 5.92 Å². The van der Waals surface area contributed by atoms with Crippen LogP contribution in [-0.4, -0.2) is 39.0 Å². The molecule has 34 heavy (non-hydrogen) atoms. The largest absolute Gasteiger partial charge is 0.598 e. The average Bonchev–Trinajstić information content (AvgIpc) is 2.76. The van der Waals surface area contributed by atoms with Crippen molar-refractivity contribution >= 4 is 29.1 Å². The van der Waals surface area contributed by atoms with Crippen LogP contribution in [0.5, 0.6) is 0 Å². The Hall–Kier alpha value is -1.73. The minimum Gasteiger partial charge on any atom is -0.598 e. The van der Waals surface area contributed by atoms with Crippen molar-refractivity contribution in [3.8, 4) is 11.1 Å². The van der Waals surface area contributed by atoms with Gasteiger partial charge in [-0.3, -0.25) is 0 Å². The van der Waals surface area contributed by atoms with Crippen LogP contribution in [0.1, 0.15) is 66.0 Å². The fraction of sp³-hybridized carbons (Fsp3) is 0.519. The molecule has 0 aliphatic carbocycles. The maximum Gasteiger partial charge on any atom is 0.410 e. The van der Waals surface area contributed by atoms with Gasteiger partial charge in [-0.2, -0.15) is 0 Å². The van der Waals surface area contributed by atoms with E-state index in [1.54, 1.807) is 4.90 Å². The molecule has 7 heteroatoms. The number of rotatable bonds is 5. The number of likely N-dealkylation sites (tertiary alicyclic amines) is 1. The summed E-state index contributed by atoms with van der Waals surface area (Å²) in [6.07, 6.45) is 1.28. The normalized spacial score (nSPS) is 17.4. The lowest BCUT2D eigenvalue weighted by Gasteiger charge is -2.38. The van der Waals surface area contributed by atoms with Gasteiger partial charge in [0.05, 0.1) is 6.04 Å². The zero-order chi connectivity index (χ0) is 25.1. The molecule has 1 saturated heterocycles. The zero-order valence-corrected chi connectivity index (χ0v) is 22.6. The van der Waals surface area contributed by atoms with Crippen molar-refractivity contribution < 1.29 is 14.1 Å². The molecule has 0 bridgehead atoms. The van der Waals surface area contributed by atoms with E-state index in [1.807, 2.05) is 77.9 Å². The summed E-state index contributed by atoms with van der Waals surface area (Å²) in [7, 11) is 0. The molecule has 1 heterocycles. The Morgan fingerprint density at radius 2 is 1.71 bits per heavy atom. The van der Waals surface area contributed by atoms with Crippen LogP contribution in [0.25, 0.3) is 11.1 Å². The Kier molecular flexibility index (Phi) is 8.61. The number of carbonyl (C=O) groups is 1. The first-order chi connectivity index (χ1) is 15.8. The third-order valence-corrected chi connectivity index (χ3v) is 7.70. The van der Waals surface area contributed by atoms with Gasteiger partial charge in [-0.05, 0) is 89.1 Å². The molecule has 2 atom stereocenters. The number of hydrogen-bond acceptors (Lipinski definition) is 4. The third-order valence-electron chi connectivity index (χ3n) is 5.89. The van der Waals surface area contributed by atoms with E-state index in [0.717, 1.165) is 29.5 Å². The van der Waals surface area contributed by atoms with E-state index in [4.69, 9.17) is 16.3 Å². The van der Waals surface area contributed by atoms with Crippen molar-refractivity contribution in [2.45, 2.75) is 70.8 Å². The Labute approximate surface area is 212 Å². The molecule has 2 aromatic rings. The predicted molar refractivity (Wildman–Crippen MR) is 141 cm³/mol. The maximum absolute atomic E-state index is 13.2. The molecule has 186 valence electrons. The highest BCUT2D eigenvalue weighted by atomic mass is 35.5. The molecule has 0 saturated carbocycles. The number of nitrogens with one attached hydrogen (secondary N) is 1. The van der Waals surface area contributed by atoms with Crippen LogP contribution in [0, 0.1) is 5.92 Å². The Morgan fingerprint density at radius 1 is 1.09 bits per heavy atom. The van der Waals surface area contributed by atoms with Crippen molar-refractivity contribution in [3.63, 3.8) is 0 Å². The molecule has 1 unspecified atom stereocenters. The van der Waals surface area contributed by atoms with Gasteiger partial charge in [-0.1, -0.05) is 48.0 Å². The molecule has 1 amide bonds. The van der Waals surface area contributed by atoms with Crippen molar-refractivity contribution in [2.75, 3.05) is 13.1 Å². The first-order valence-corrected chi connectivity index (χ1v) is 13.4. The monoisotopic (exact) mass is 504 g/mol. The quantitative estimate of drug-likeness (QED) is 0.457. The zero-order valence-electron chi connectivity index (χ0n) is 21.1. The molecule has 3 rings (SSSR count). The SMILES string of the molecule is CC(C)(C)OC(=O)N1CCC([C@H](N[S+]([O-])C(C)(C)C)c2cc(Cl)ccc2-c2ccccc2)CC1. The van der Waals surface area contributed by atoms with Crippen LogP contribution in [-0.2, 0) is 16.1 Å². The van der Waals surface area contributed by atoms with Crippen molar-refractivity contribution in [1.82, 2.24) is 9.62 Å². The number of halogens is 1. The Bertz CT molecular complexity index is 964. The molecule has 0 aromatic heterocycles. The van der Waals surface area contributed by atoms with Crippen molar-refractivity contribution in [3.05, 3.63) is 59.1 Å². The van der Waals surface area contributed by atoms with Gasteiger partial charge in [0.25, 0.3) is 0 Å². The second-order valence-electron chi connectivity index (χ2n) is 10.9. The van der Waals surface area contributed by atoms with Gasteiger partial charge >= 0.3 is 6.09 Å². The van der Waals surface area contributed by atoms with E-state index in [9.17, 15) is 9.35 Å². The summed E-state index contributed by atoms with van der Waals surface area (Å²) in [6.45, 7) is 12.7. The van der Waals surface area contributed by atoms with E-state index in [0.29, 0.717) is 18.1 Å². The van der Waals surface area contributed by atoms with Crippen LogP contribution in [0.4, 0.5) is 4.79 Å². The number of amides is 1. The minimum absolute atomic E-state index is 0.172. The fourth-order valence-electron chi connectivity index (χ4n) is 4.12. The molecular weight excluding hydrogens is 468 g/mol. The van der Waals surface area contributed by atoms with Crippen LogP contribution in [0.2, 0.25) is 5.02 Å². The topological polar surface area (TPSA) is 64.6 Å². The summed E-state index contributed by atoms with van der Waals surface area (Å²) in [5.41, 5.74) is 2.68. The molecule has 5 nitrogen and oxygen atoms in total. The molecule has 2 aromatic carbocycles. The first kappa shape index (κ1) is 26.9. The predicted octanol–water partition coefficient (Wildman–Crippen LogP) is 6.75. The van der Waals surface area contributed by atoms with Gasteiger partial charge in [0, 0.05) is 29.5 Å². The minimum atomic E-state index is -1.27. The number of hydrogen-bond donors (Lipinski definition) is 1. The maximum atomic E-state index is 13.2. The summed E-state index contributed by atoms with van der Waals surface area (Å²) < 4.78 is 21.8. The smallest absolute Gasteiger partial charge is 0.410 e. The van der Waals surface area contributed by atoms with Crippen LogP contribution in [0.3, 0.4) is 0 Å². The summed E-state index contributed by atoms with van der Waals surface area (Å²) in [4.78, 5) is 14.3. The van der Waals surface area contributed by atoms with Crippen LogP contribution < -0.4 is 4.72 Å². The standard InChI is InChI=1S/C27H37ClN2O3S/c1-26(2,3)33-25(31)30-16-14-20(15-17-30)24(29-34(32)27(4,5)6)23-18-21(28)12-13-22(23)19-10-8-7-9-11-19/h7-13,18,20,24,29H,14-17H2,1-6H3/t24-,34?/m0/s1. The highest BCUT2D eigenvalue weighted by molar-refractivity contribution is 7.90. The van der Waals surface area contributed by atoms with Crippen LogP contribution in [0.15, 0.2) is 48.5 Å². The fourth-order valence-corrected chi connectivity index (χ4v) is 5.20. The lowest BCUT2D eigenvalue weighted by Crippen LogP contribution is -2.47. The van der Waals surface area contributed by atoms with Gasteiger partial charge < -0.3 is 14.2 Å². The Morgan fingerprint density at radius 3 is 2.26 bits per heavy atom. The molecule has 1 aliphatic heterocycles. The summed E-state index contributed by atoms with van der Waals surface area (Å²) in [5, 5.41) is 0.647. The summed E-state index contributed by atoms with van der Waals surface area (Å²) >= 11 is 5.20. The second kappa shape index (κ2) is 10.9. The molecular formula is C27H37ClN2O3S. The van der Waals surface area contributed by atoms with E-state index in [-0.39, 0.29) is 18.1 Å². The highest BCUT2D eigenvalue weighted by Gasteiger charge is 2.37. The van der Waals surface area contributed by atoms with Gasteiger partial charge in [0.15, 0.2) is 0 Å². The number of carbonyl (C=O) groups excluding carboxylic acids is 1. The number of benzene rings is 2. The average molecular weight is 505 g/mol. The molecule has 0 spiro atoms. The van der Waals surface area contributed by atoms with E-state index in [1.165, 1.54) is 0 Å². The van der Waals surface area contributed by atoms with Crippen LogP contribution >= 0.6 is 11.6 Å². The number of ether oxygens (including phenoxy) is 1. The van der Waals surface area contributed by atoms with Gasteiger partial charge in [0.1, 0.15) is 10.3 Å². The highest BCUT2D eigenvalue weighted by Crippen LogP contribution is 2.39. The molecule has 0 radical (unpaired) electrons. The van der Waals surface area contributed by atoms with Gasteiger partial charge in [-0.25, -0.2) is 4.79 Å². The van der Waals surface area contributed by atoms with Gasteiger partial charge in [-0.15, -0.1) is 4.72 Å². The van der Waals surface area contributed by atoms with E-state index < -0.39 is 21.7 Å². The van der Waals surface area contributed by atoms with Gasteiger partial charge in [0.2, 0.25) is 0 Å².